The van der Waals surface area contributed by atoms with Crippen molar-refractivity contribution < 1.29 is 0 Å². The number of hydrogen-bond acceptors (Lipinski definition) is 1. The van der Waals surface area contributed by atoms with Crippen LogP contribution in [-0.4, -0.2) is 9.55 Å². The summed E-state index contributed by atoms with van der Waals surface area (Å²) < 4.78 is 2.36. The van der Waals surface area contributed by atoms with E-state index < -0.39 is 0 Å². The van der Waals surface area contributed by atoms with Crippen LogP contribution in [0.5, 0.6) is 0 Å². The second kappa shape index (κ2) is 8.31. The van der Waals surface area contributed by atoms with Crippen LogP contribution < -0.4 is 0 Å². The van der Waals surface area contributed by atoms with E-state index in [2.05, 4.69) is 112 Å². The van der Waals surface area contributed by atoms with Gasteiger partial charge in [0.2, 0.25) is 0 Å². The summed E-state index contributed by atoms with van der Waals surface area (Å²) in [7, 11) is 0. The van der Waals surface area contributed by atoms with Crippen LogP contribution in [0.4, 0.5) is 0 Å². The number of aryl methyl sites for hydroxylation is 1. The van der Waals surface area contributed by atoms with Gasteiger partial charge in [0.15, 0.2) is 0 Å². The summed E-state index contributed by atoms with van der Waals surface area (Å²) in [6.45, 7) is 11.3. The molecule has 0 fully saturated rings. The second-order valence-electron chi connectivity index (χ2n) is 8.60. The zero-order chi connectivity index (χ0) is 21.3. The molecule has 0 atom stereocenters. The summed E-state index contributed by atoms with van der Waals surface area (Å²) >= 11 is 0. The highest BCUT2D eigenvalue weighted by molar-refractivity contribution is 5.71. The molecule has 0 N–H and O–H groups in total. The van der Waals surface area contributed by atoms with E-state index in [0.29, 0.717) is 11.8 Å². The molecule has 0 bridgehead atoms. The first-order valence-corrected chi connectivity index (χ1v) is 10.8. The molecule has 4 aromatic rings. The molecule has 2 nitrogen and oxygen atoms in total. The molecule has 0 aliphatic carbocycles. The minimum Gasteiger partial charge on any atom is -0.296 e. The molecule has 0 unspecified atom stereocenters. The second-order valence-corrected chi connectivity index (χ2v) is 8.60. The van der Waals surface area contributed by atoms with Crippen LogP contribution in [0, 0.1) is 6.92 Å². The minimum absolute atomic E-state index is 0.395. The summed E-state index contributed by atoms with van der Waals surface area (Å²) in [5.74, 6) is 1.79. The predicted octanol–water partition coefficient (Wildman–Crippen LogP) is 7.76. The lowest BCUT2D eigenvalue weighted by Crippen LogP contribution is -2.10. The predicted molar refractivity (Wildman–Crippen MR) is 127 cm³/mol. The fraction of sp³-hybridized carbons (Fsp3) is 0.250. The van der Waals surface area contributed by atoms with E-state index in [9.17, 15) is 0 Å². The van der Waals surface area contributed by atoms with Gasteiger partial charge in [0, 0.05) is 17.5 Å². The first-order valence-electron chi connectivity index (χ1n) is 10.8. The van der Waals surface area contributed by atoms with Crippen LogP contribution in [-0.2, 0) is 0 Å². The third kappa shape index (κ3) is 3.70. The van der Waals surface area contributed by atoms with E-state index in [1.54, 1.807) is 0 Å². The van der Waals surface area contributed by atoms with Crippen molar-refractivity contribution >= 4 is 0 Å². The Morgan fingerprint density at radius 2 is 1.17 bits per heavy atom. The average molecular weight is 395 g/mol. The van der Waals surface area contributed by atoms with Gasteiger partial charge in [0.25, 0.3) is 0 Å². The molecule has 30 heavy (non-hydrogen) atoms. The monoisotopic (exact) mass is 394 g/mol. The Morgan fingerprint density at radius 3 is 1.67 bits per heavy atom. The molecule has 4 rings (SSSR count). The van der Waals surface area contributed by atoms with E-state index in [1.165, 1.54) is 27.9 Å². The summed E-state index contributed by atoms with van der Waals surface area (Å²) in [5.41, 5.74) is 8.85. The van der Waals surface area contributed by atoms with E-state index in [0.717, 1.165) is 17.1 Å². The van der Waals surface area contributed by atoms with Crippen molar-refractivity contribution in [3.8, 4) is 28.2 Å². The molecule has 3 aromatic carbocycles. The van der Waals surface area contributed by atoms with Crippen molar-refractivity contribution in [2.45, 2.75) is 46.5 Å². The largest absolute Gasteiger partial charge is 0.296 e. The fourth-order valence-electron chi connectivity index (χ4n) is 4.13. The molecule has 0 saturated heterocycles. The summed E-state index contributed by atoms with van der Waals surface area (Å²) in [6, 6.07) is 25.9. The summed E-state index contributed by atoms with van der Waals surface area (Å²) in [6.07, 6.45) is 1.99. The van der Waals surface area contributed by atoms with Crippen LogP contribution in [0.1, 0.15) is 56.4 Å². The van der Waals surface area contributed by atoms with Crippen LogP contribution in [0.2, 0.25) is 0 Å². The Hall–Kier alpha value is -3.13. The van der Waals surface area contributed by atoms with E-state index in [1.807, 2.05) is 6.20 Å². The molecule has 0 aliphatic rings. The Bertz CT molecular complexity index is 1110. The number of imidazole rings is 1. The number of aromatic nitrogens is 2. The molecule has 152 valence electrons. The van der Waals surface area contributed by atoms with Crippen LogP contribution in [0.15, 0.2) is 79.0 Å². The zero-order valence-electron chi connectivity index (χ0n) is 18.6. The quantitative estimate of drug-likeness (QED) is 0.338. The highest BCUT2D eigenvalue weighted by Gasteiger charge is 2.22. The van der Waals surface area contributed by atoms with E-state index in [-0.39, 0.29) is 0 Å². The molecule has 0 radical (unpaired) electrons. The minimum atomic E-state index is 0.395. The Morgan fingerprint density at radius 1 is 0.667 bits per heavy atom. The number of hydrogen-bond donors (Lipinski definition) is 0. The van der Waals surface area contributed by atoms with Gasteiger partial charge in [-0.25, -0.2) is 4.98 Å². The molecule has 0 spiro atoms. The molecule has 0 saturated carbocycles. The highest BCUT2D eigenvalue weighted by Crippen LogP contribution is 2.38. The highest BCUT2D eigenvalue weighted by atomic mass is 15.1. The SMILES string of the molecule is Cc1cnc(-c2ccccc2)n1-c1c(C(C)C)cc(-c2ccccc2)cc1C(C)C. The van der Waals surface area contributed by atoms with Gasteiger partial charge in [-0.05, 0) is 53.1 Å². The standard InChI is InChI=1S/C28H30N2/c1-19(2)25-16-24(22-12-8-6-9-13-22)17-26(20(3)4)27(25)30-21(5)18-29-28(30)23-14-10-7-11-15-23/h6-20H,1-5H3. The topological polar surface area (TPSA) is 17.8 Å². The van der Waals surface area contributed by atoms with Crippen LogP contribution >= 0.6 is 0 Å². The molecule has 1 heterocycles. The number of nitrogens with zero attached hydrogens (tertiary/aromatic N) is 2. The van der Waals surface area contributed by atoms with Crippen molar-refractivity contribution in [2.24, 2.45) is 0 Å². The van der Waals surface area contributed by atoms with Gasteiger partial charge in [-0.15, -0.1) is 0 Å². The third-order valence-corrected chi connectivity index (χ3v) is 5.71. The molecule has 0 amide bonds. The summed E-state index contributed by atoms with van der Waals surface area (Å²) in [5, 5.41) is 0. The maximum Gasteiger partial charge on any atom is 0.144 e. The Kier molecular flexibility index (Phi) is 5.59. The van der Waals surface area contributed by atoms with E-state index in [4.69, 9.17) is 4.98 Å². The van der Waals surface area contributed by atoms with Gasteiger partial charge >= 0.3 is 0 Å². The fourth-order valence-corrected chi connectivity index (χ4v) is 4.13. The molecule has 1 aromatic heterocycles. The van der Waals surface area contributed by atoms with Crippen molar-refractivity contribution in [1.82, 2.24) is 9.55 Å². The lowest BCUT2D eigenvalue weighted by molar-refractivity contribution is 0.802. The number of benzene rings is 3. The Balaban J connectivity index is 2.03. The van der Waals surface area contributed by atoms with Gasteiger partial charge in [-0.2, -0.15) is 0 Å². The lowest BCUT2D eigenvalue weighted by Gasteiger charge is -2.24. The summed E-state index contributed by atoms with van der Waals surface area (Å²) in [4.78, 5) is 4.81. The smallest absolute Gasteiger partial charge is 0.144 e. The van der Waals surface area contributed by atoms with Crippen molar-refractivity contribution in [2.75, 3.05) is 0 Å². The van der Waals surface area contributed by atoms with Crippen LogP contribution in [0.25, 0.3) is 28.2 Å². The average Bonchev–Trinajstić information content (AvgIpc) is 3.15. The molecular weight excluding hydrogens is 364 g/mol. The zero-order valence-corrected chi connectivity index (χ0v) is 18.6. The molecule has 0 aliphatic heterocycles. The van der Waals surface area contributed by atoms with Gasteiger partial charge in [-0.3, -0.25) is 4.57 Å². The van der Waals surface area contributed by atoms with Crippen molar-refractivity contribution in [3.05, 3.63) is 95.8 Å². The normalized spacial score (nSPS) is 11.4. The van der Waals surface area contributed by atoms with E-state index >= 15 is 0 Å². The molecular formula is C28H30N2. The van der Waals surface area contributed by atoms with Crippen molar-refractivity contribution in [3.63, 3.8) is 0 Å². The first-order chi connectivity index (χ1) is 14.5. The van der Waals surface area contributed by atoms with Gasteiger partial charge in [-0.1, -0.05) is 88.4 Å². The van der Waals surface area contributed by atoms with Gasteiger partial charge < -0.3 is 0 Å². The maximum absolute atomic E-state index is 4.81. The van der Waals surface area contributed by atoms with Crippen molar-refractivity contribution in [1.29, 1.82) is 0 Å². The number of rotatable bonds is 5. The Labute approximate surface area is 180 Å². The van der Waals surface area contributed by atoms with Gasteiger partial charge in [0.05, 0.1) is 5.69 Å². The lowest BCUT2D eigenvalue weighted by atomic mass is 9.88. The van der Waals surface area contributed by atoms with Gasteiger partial charge in [0.1, 0.15) is 5.82 Å². The maximum atomic E-state index is 4.81. The molecule has 2 heteroatoms. The first kappa shape index (κ1) is 20.2. The third-order valence-electron chi connectivity index (χ3n) is 5.71. The van der Waals surface area contributed by atoms with Crippen LogP contribution in [0.3, 0.4) is 0 Å².